The zero-order valence-corrected chi connectivity index (χ0v) is 9.94. The van der Waals surface area contributed by atoms with Crippen molar-refractivity contribution in [3.8, 4) is 11.3 Å². The predicted octanol–water partition coefficient (Wildman–Crippen LogP) is 4.02. The lowest BCUT2D eigenvalue weighted by Crippen LogP contribution is -1.85. The maximum absolute atomic E-state index is 5.07. The zero-order valence-electron chi connectivity index (χ0n) is 8.31. The molecule has 3 aromatic rings. The number of hydrogen-bond acceptors (Lipinski definition) is 3. The van der Waals surface area contributed by atoms with Crippen LogP contribution in [-0.4, -0.2) is 9.97 Å². The highest BCUT2D eigenvalue weighted by molar-refractivity contribution is 7.71. The number of aromatic amines is 1. The highest BCUT2D eigenvalue weighted by atomic mass is 32.1. The van der Waals surface area contributed by atoms with Gasteiger partial charge in [-0.3, -0.25) is 0 Å². The van der Waals surface area contributed by atoms with Crippen molar-refractivity contribution in [3.63, 3.8) is 0 Å². The minimum absolute atomic E-state index is 0.613. The van der Waals surface area contributed by atoms with Gasteiger partial charge in [0, 0.05) is 10.3 Å². The van der Waals surface area contributed by atoms with Crippen molar-refractivity contribution in [1.82, 2.24) is 9.97 Å². The van der Waals surface area contributed by atoms with Crippen LogP contribution < -0.4 is 0 Å². The van der Waals surface area contributed by atoms with Crippen molar-refractivity contribution < 1.29 is 0 Å². The highest BCUT2D eigenvalue weighted by Crippen LogP contribution is 2.30. The number of rotatable bonds is 1. The van der Waals surface area contributed by atoms with Crippen molar-refractivity contribution in [2.24, 2.45) is 0 Å². The minimum atomic E-state index is 0.613. The number of benzene rings is 1. The molecule has 0 aliphatic carbocycles. The Hall–Kier alpha value is -1.52. The molecule has 0 amide bonds. The molecule has 78 valence electrons. The molecule has 1 aromatic carbocycles. The van der Waals surface area contributed by atoms with Crippen LogP contribution in [0.25, 0.3) is 21.3 Å². The summed E-state index contributed by atoms with van der Waals surface area (Å²) in [6.45, 7) is 0. The van der Waals surface area contributed by atoms with Gasteiger partial charge in [-0.2, -0.15) is 0 Å². The third-order valence-corrected chi connectivity index (χ3v) is 3.64. The Kier molecular flexibility index (Phi) is 2.31. The predicted molar refractivity (Wildman–Crippen MR) is 70.2 cm³/mol. The molecule has 0 saturated carbocycles. The Morgan fingerprint density at radius 2 is 2.19 bits per heavy atom. The second-order valence-electron chi connectivity index (χ2n) is 3.44. The third kappa shape index (κ3) is 1.56. The molecule has 0 radical (unpaired) electrons. The Balaban J connectivity index is 2.33. The topological polar surface area (TPSA) is 28.7 Å². The Morgan fingerprint density at radius 3 is 3.06 bits per heavy atom. The van der Waals surface area contributed by atoms with Crippen LogP contribution in [0.3, 0.4) is 0 Å². The lowest BCUT2D eigenvalue weighted by atomic mass is 10.1. The summed E-state index contributed by atoms with van der Waals surface area (Å²) in [5, 5.41) is 3.36. The molecule has 0 atom stereocenters. The first-order valence-electron chi connectivity index (χ1n) is 4.86. The van der Waals surface area contributed by atoms with Gasteiger partial charge in [-0.15, -0.1) is 11.3 Å². The summed E-state index contributed by atoms with van der Waals surface area (Å²) in [7, 11) is 0. The number of hydrogen-bond donors (Lipinski definition) is 1. The summed E-state index contributed by atoms with van der Waals surface area (Å²) >= 11 is 6.81. The number of fused-ring (bicyclic) bond motifs is 1. The molecule has 1 N–H and O–H groups in total. The van der Waals surface area contributed by atoms with E-state index in [-0.39, 0.29) is 0 Å². The van der Waals surface area contributed by atoms with Gasteiger partial charge < -0.3 is 4.98 Å². The van der Waals surface area contributed by atoms with E-state index in [0.29, 0.717) is 4.64 Å². The maximum atomic E-state index is 5.07. The van der Waals surface area contributed by atoms with Crippen LogP contribution in [0.15, 0.2) is 42.0 Å². The monoisotopic (exact) mass is 244 g/mol. The van der Waals surface area contributed by atoms with Crippen LogP contribution in [0.2, 0.25) is 0 Å². The summed E-state index contributed by atoms with van der Waals surface area (Å²) in [6.07, 6.45) is 1.64. The van der Waals surface area contributed by atoms with Crippen LogP contribution in [0.1, 0.15) is 0 Å². The van der Waals surface area contributed by atoms with Crippen molar-refractivity contribution in [3.05, 3.63) is 46.7 Å². The van der Waals surface area contributed by atoms with E-state index in [2.05, 4.69) is 39.6 Å². The summed E-state index contributed by atoms with van der Waals surface area (Å²) < 4.78 is 1.89. The minimum Gasteiger partial charge on any atom is -0.346 e. The van der Waals surface area contributed by atoms with Crippen LogP contribution in [-0.2, 0) is 0 Å². The molecule has 0 spiro atoms. The van der Waals surface area contributed by atoms with Gasteiger partial charge in [0.15, 0.2) is 0 Å². The SMILES string of the molecule is S=c1cc(-c2cccc3ccsc23)[nH]cn1. The Labute approximate surface area is 102 Å². The van der Waals surface area contributed by atoms with Crippen molar-refractivity contribution in [1.29, 1.82) is 0 Å². The van der Waals surface area contributed by atoms with E-state index >= 15 is 0 Å². The summed E-state index contributed by atoms with van der Waals surface area (Å²) in [4.78, 5) is 7.13. The molecule has 0 saturated heterocycles. The lowest BCUT2D eigenvalue weighted by molar-refractivity contribution is 1.16. The summed E-state index contributed by atoms with van der Waals surface area (Å²) in [5.74, 6) is 0. The maximum Gasteiger partial charge on any atom is 0.130 e. The summed E-state index contributed by atoms with van der Waals surface area (Å²) in [5.41, 5.74) is 2.20. The van der Waals surface area contributed by atoms with Gasteiger partial charge >= 0.3 is 0 Å². The van der Waals surface area contributed by atoms with Crippen molar-refractivity contribution in [2.45, 2.75) is 0 Å². The van der Waals surface area contributed by atoms with Crippen LogP contribution in [0.4, 0.5) is 0 Å². The number of nitrogens with one attached hydrogen (secondary N) is 1. The molecule has 0 aliphatic rings. The molecule has 0 fully saturated rings. The standard InChI is InChI=1S/C12H8N2S2/c15-11-6-10(13-7-14-11)9-3-1-2-8-4-5-16-12(8)9/h1-7H,(H,13,14,15). The number of aromatic nitrogens is 2. The fourth-order valence-corrected chi connectivity index (χ4v) is 2.83. The van der Waals surface area contributed by atoms with E-state index in [1.54, 1.807) is 17.7 Å². The van der Waals surface area contributed by atoms with Crippen LogP contribution in [0.5, 0.6) is 0 Å². The highest BCUT2D eigenvalue weighted by Gasteiger charge is 2.04. The van der Waals surface area contributed by atoms with Crippen LogP contribution >= 0.6 is 23.6 Å². The fraction of sp³-hybridized carbons (Fsp3) is 0. The van der Waals surface area contributed by atoms with Gasteiger partial charge in [0.2, 0.25) is 0 Å². The van der Waals surface area contributed by atoms with Gasteiger partial charge in [0.25, 0.3) is 0 Å². The van der Waals surface area contributed by atoms with E-state index in [4.69, 9.17) is 12.2 Å². The lowest BCUT2D eigenvalue weighted by Gasteiger charge is -2.02. The largest absolute Gasteiger partial charge is 0.346 e. The Morgan fingerprint density at radius 1 is 1.25 bits per heavy atom. The van der Waals surface area contributed by atoms with Gasteiger partial charge in [0.05, 0.1) is 12.0 Å². The average molecular weight is 244 g/mol. The van der Waals surface area contributed by atoms with Crippen LogP contribution in [0, 0.1) is 4.64 Å². The molecular weight excluding hydrogens is 236 g/mol. The first-order chi connectivity index (χ1) is 7.84. The molecule has 16 heavy (non-hydrogen) atoms. The average Bonchev–Trinajstić information content (AvgIpc) is 2.76. The molecule has 4 heteroatoms. The summed E-state index contributed by atoms with van der Waals surface area (Å²) in [6, 6.07) is 10.3. The first-order valence-corrected chi connectivity index (χ1v) is 6.15. The van der Waals surface area contributed by atoms with Gasteiger partial charge in [-0.05, 0) is 22.9 Å². The third-order valence-electron chi connectivity index (χ3n) is 2.45. The molecule has 0 aliphatic heterocycles. The molecule has 0 bridgehead atoms. The normalized spacial score (nSPS) is 10.8. The molecular formula is C12H8N2S2. The quantitative estimate of drug-likeness (QED) is 0.655. The molecule has 2 nitrogen and oxygen atoms in total. The molecule has 0 unspecified atom stereocenters. The van der Waals surface area contributed by atoms with Gasteiger partial charge in [-0.1, -0.05) is 30.4 Å². The second-order valence-corrected chi connectivity index (χ2v) is 4.78. The van der Waals surface area contributed by atoms with E-state index in [9.17, 15) is 0 Å². The van der Waals surface area contributed by atoms with E-state index in [0.717, 1.165) is 5.69 Å². The number of H-pyrrole nitrogens is 1. The van der Waals surface area contributed by atoms with E-state index < -0.39 is 0 Å². The molecule has 3 rings (SSSR count). The second kappa shape index (κ2) is 3.81. The van der Waals surface area contributed by atoms with Gasteiger partial charge in [0.1, 0.15) is 4.64 Å². The fourth-order valence-electron chi connectivity index (χ4n) is 1.73. The Bertz CT molecular complexity index is 697. The smallest absolute Gasteiger partial charge is 0.130 e. The van der Waals surface area contributed by atoms with E-state index in [1.165, 1.54) is 15.6 Å². The van der Waals surface area contributed by atoms with E-state index in [1.807, 2.05) is 6.07 Å². The molecule has 2 heterocycles. The number of thiophene rings is 1. The van der Waals surface area contributed by atoms with Crippen molar-refractivity contribution in [2.75, 3.05) is 0 Å². The first kappa shape index (κ1) is 9.69. The zero-order chi connectivity index (χ0) is 11.0. The molecule has 2 aromatic heterocycles. The number of nitrogens with zero attached hydrogens (tertiary/aromatic N) is 1. The van der Waals surface area contributed by atoms with Gasteiger partial charge in [-0.25, -0.2) is 4.98 Å². The van der Waals surface area contributed by atoms with Crippen molar-refractivity contribution >= 4 is 33.6 Å².